The Labute approximate surface area is 107 Å². The van der Waals surface area contributed by atoms with Crippen molar-refractivity contribution in [1.29, 1.82) is 0 Å². The molecule has 0 bridgehead atoms. The van der Waals surface area contributed by atoms with Crippen molar-refractivity contribution in [3.8, 4) is 0 Å². The van der Waals surface area contributed by atoms with E-state index in [1.54, 1.807) is 4.31 Å². The smallest absolute Gasteiger partial charge is 0.212 e. The first-order valence-corrected chi connectivity index (χ1v) is 8.65. The van der Waals surface area contributed by atoms with Crippen LogP contribution in [-0.4, -0.2) is 35.9 Å². The molecule has 1 heterocycles. The van der Waals surface area contributed by atoms with Gasteiger partial charge in [-0.25, -0.2) is 12.7 Å². The van der Waals surface area contributed by atoms with Gasteiger partial charge in [-0.1, -0.05) is 35.2 Å². The van der Waals surface area contributed by atoms with Crippen LogP contribution in [0, 0.1) is 0 Å². The molecule has 2 fully saturated rings. The number of nitrogens with zero attached hydrogens (tertiary/aromatic N) is 1. The molecule has 0 spiro atoms. The number of halogens is 1. The third kappa shape index (κ3) is 2.79. The molecule has 1 saturated heterocycles. The van der Waals surface area contributed by atoms with Crippen molar-refractivity contribution in [2.24, 2.45) is 0 Å². The van der Waals surface area contributed by atoms with Crippen molar-refractivity contribution in [3.05, 3.63) is 0 Å². The van der Waals surface area contributed by atoms with Gasteiger partial charge in [0.15, 0.2) is 0 Å². The van der Waals surface area contributed by atoms with E-state index in [0.717, 1.165) is 38.5 Å². The molecule has 0 aromatic heterocycles. The lowest BCUT2D eigenvalue weighted by atomic mass is 10.0. The first kappa shape index (κ1) is 12.8. The van der Waals surface area contributed by atoms with Crippen LogP contribution in [0.15, 0.2) is 0 Å². The van der Waals surface area contributed by atoms with Gasteiger partial charge in [-0.05, 0) is 25.7 Å². The number of piperidine rings is 1. The van der Waals surface area contributed by atoms with Crippen molar-refractivity contribution in [1.82, 2.24) is 4.31 Å². The molecule has 1 aliphatic heterocycles. The third-order valence-corrected chi connectivity index (χ3v) is 7.03. The molecule has 0 atom stereocenters. The molecule has 0 aromatic rings. The molecule has 94 valence electrons. The molecule has 2 rings (SSSR count). The summed E-state index contributed by atoms with van der Waals surface area (Å²) >= 11 is 3.56. The van der Waals surface area contributed by atoms with Crippen LogP contribution >= 0.6 is 15.9 Å². The molecule has 0 aromatic carbocycles. The Morgan fingerprint density at radius 2 is 1.50 bits per heavy atom. The van der Waals surface area contributed by atoms with E-state index in [4.69, 9.17) is 0 Å². The van der Waals surface area contributed by atoms with E-state index in [1.165, 1.54) is 6.42 Å². The number of hydrogen-bond donors (Lipinski definition) is 0. The normalized spacial score (nSPS) is 27.1. The predicted octanol–water partition coefficient (Wildman–Crippen LogP) is 2.51. The molecular formula is C11H20BrNO2S. The highest BCUT2D eigenvalue weighted by Gasteiger charge is 2.34. The van der Waals surface area contributed by atoms with Crippen LogP contribution in [-0.2, 0) is 10.0 Å². The molecule has 5 heteroatoms. The molecule has 3 nitrogen and oxygen atoms in total. The second kappa shape index (κ2) is 5.36. The molecule has 0 amide bonds. The monoisotopic (exact) mass is 309 g/mol. The van der Waals surface area contributed by atoms with Gasteiger partial charge < -0.3 is 0 Å². The largest absolute Gasteiger partial charge is 0.216 e. The fourth-order valence-corrected chi connectivity index (χ4v) is 5.13. The summed E-state index contributed by atoms with van der Waals surface area (Å²) in [5.41, 5.74) is 0. The molecule has 0 unspecified atom stereocenters. The van der Waals surface area contributed by atoms with E-state index in [0.29, 0.717) is 17.9 Å². The van der Waals surface area contributed by atoms with Gasteiger partial charge in [0.1, 0.15) is 0 Å². The van der Waals surface area contributed by atoms with Crippen LogP contribution in [0.4, 0.5) is 0 Å². The molecule has 0 N–H and O–H groups in total. The van der Waals surface area contributed by atoms with Crippen LogP contribution in [0.5, 0.6) is 0 Å². The van der Waals surface area contributed by atoms with Gasteiger partial charge in [-0.2, -0.15) is 0 Å². The van der Waals surface area contributed by atoms with Crippen LogP contribution in [0.2, 0.25) is 0 Å². The maximum absolute atomic E-state index is 12.4. The predicted molar refractivity (Wildman–Crippen MR) is 69.3 cm³/mol. The Morgan fingerprint density at radius 3 is 2.06 bits per heavy atom. The SMILES string of the molecule is O=S(=O)(C1CCCCC1)N1CCC(Br)CC1. The zero-order valence-electron chi connectivity index (χ0n) is 9.57. The minimum absolute atomic E-state index is 0.0897. The fourth-order valence-electron chi connectivity index (χ4n) is 2.65. The molecule has 16 heavy (non-hydrogen) atoms. The van der Waals surface area contributed by atoms with Crippen LogP contribution < -0.4 is 0 Å². The van der Waals surface area contributed by atoms with Crippen molar-refractivity contribution in [3.63, 3.8) is 0 Å². The third-order valence-electron chi connectivity index (χ3n) is 3.72. The Hall–Kier alpha value is 0.390. The Kier molecular flexibility index (Phi) is 4.30. The van der Waals surface area contributed by atoms with Gasteiger partial charge in [0.2, 0.25) is 10.0 Å². The first-order valence-electron chi connectivity index (χ1n) is 6.24. The van der Waals surface area contributed by atoms with Gasteiger partial charge in [-0.3, -0.25) is 0 Å². The second-order valence-electron chi connectivity index (χ2n) is 4.88. The summed E-state index contributed by atoms with van der Waals surface area (Å²) in [4.78, 5) is 0.505. The Morgan fingerprint density at radius 1 is 0.938 bits per heavy atom. The maximum Gasteiger partial charge on any atom is 0.216 e. The van der Waals surface area contributed by atoms with Gasteiger partial charge >= 0.3 is 0 Å². The summed E-state index contributed by atoms with van der Waals surface area (Å²) < 4.78 is 26.4. The van der Waals surface area contributed by atoms with E-state index in [9.17, 15) is 8.42 Å². The lowest BCUT2D eigenvalue weighted by molar-refractivity contribution is 0.342. The summed E-state index contributed by atoms with van der Waals surface area (Å²) in [5.74, 6) is 0. The standard InChI is InChI=1S/C11H20BrNO2S/c12-10-6-8-13(9-7-10)16(14,15)11-4-2-1-3-5-11/h10-11H,1-9H2. The lowest BCUT2D eigenvalue weighted by Crippen LogP contribution is -2.44. The van der Waals surface area contributed by atoms with Crippen LogP contribution in [0.25, 0.3) is 0 Å². The van der Waals surface area contributed by atoms with E-state index >= 15 is 0 Å². The topological polar surface area (TPSA) is 37.4 Å². The van der Waals surface area contributed by atoms with E-state index < -0.39 is 10.0 Å². The Bertz CT molecular complexity index is 317. The summed E-state index contributed by atoms with van der Waals surface area (Å²) in [7, 11) is -3.00. The minimum atomic E-state index is -3.00. The molecule has 0 radical (unpaired) electrons. The molecular weight excluding hydrogens is 290 g/mol. The quantitative estimate of drug-likeness (QED) is 0.735. The number of hydrogen-bond acceptors (Lipinski definition) is 2. The lowest BCUT2D eigenvalue weighted by Gasteiger charge is -2.33. The zero-order chi connectivity index (χ0) is 11.6. The zero-order valence-corrected chi connectivity index (χ0v) is 12.0. The highest BCUT2D eigenvalue weighted by Crippen LogP contribution is 2.28. The average molecular weight is 310 g/mol. The Balaban J connectivity index is 2.00. The molecule has 1 saturated carbocycles. The van der Waals surface area contributed by atoms with Crippen LogP contribution in [0.1, 0.15) is 44.9 Å². The minimum Gasteiger partial charge on any atom is -0.212 e. The van der Waals surface area contributed by atoms with E-state index in [1.807, 2.05) is 0 Å². The van der Waals surface area contributed by atoms with E-state index in [2.05, 4.69) is 15.9 Å². The van der Waals surface area contributed by atoms with Gasteiger partial charge in [0.05, 0.1) is 5.25 Å². The van der Waals surface area contributed by atoms with Crippen molar-refractivity contribution < 1.29 is 8.42 Å². The maximum atomic E-state index is 12.4. The molecule has 1 aliphatic carbocycles. The summed E-state index contributed by atoms with van der Waals surface area (Å²) in [6, 6.07) is 0. The highest BCUT2D eigenvalue weighted by atomic mass is 79.9. The second-order valence-corrected chi connectivity index (χ2v) is 8.39. The number of sulfonamides is 1. The van der Waals surface area contributed by atoms with Crippen molar-refractivity contribution in [2.45, 2.75) is 55.0 Å². The van der Waals surface area contributed by atoms with Crippen LogP contribution in [0.3, 0.4) is 0 Å². The number of alkyl halides is 1. The highest BCUT2D eigenvalue weighted by molar-refractivity contribution is 9.09. The van der Waals surface area contributed by atoms with Crippen molar-refractivity contribution >= 4 is 26.0 Å². The van der Waals surface area contributed by atoms with Gasteiger partial charge in [-0.15, -0.1) is 0 Å². The van der Waals surface area contributed by atoms with Gasteiger partial charge in [0.25, 0.3) is 0 Å². The van der Waals surface area contributed by atoms with Gasteiger partial charge in [0, 0.05) is 17.9 Å². The summed E-state index contributed by atoms with van der Waals surface area (Å²) in [6.07, 6.45) is 7.01. The average Bonchev–Trinajstić information content (AvgIpc) is 2.31. The first-order chi connectivity index (χ1) is 7.60. The summed E-state index contributed by atoms with van der Waals surface area (Å²) in [5, 5.41) is -0.0897. The van der Waals surface area contributed by atoms with Crippen molar-refractivity contribution in [2.75, 3.05) is 13.1 Å². The number of rotatable bonds is 2. The molecule has 2 aliphatic rings. The fraction of sp³-hybridized carbons (Fsp3) is 1.00. The van der Waals surface area contributed by atoms with E-state index in [-0.39, 0.29) is 5.25 Å². The summed E-state index contributed by atoms with van der Waals surface area (Å²) in [6.45, 7) is 1.41.